The first-order valence-electron chi connectivity index (χ1n) is 19.6. The Balaban J connectivity index is 0.000000204. The van der Waals surface area contributed by atoms with Crippen LogP contribution in [-0.4, -0.2) is 89.5 Å². The maximum Gasteiger partial charge on any atom is 0.351 e. The largest absolute Gasteiger partial charge is 0.394 e. The Morgan fingerprint density at radius 1 is 1.17 bits per heavy atom. The van der Waals surface area contributed by atoms with Gasteiger partial charge in [0.15, 0.2) is 6.10 Å². The number of nitrogens with one attached hydrogen (secondary N) is 2. The lowest BCUT2D eigenvalue weighted by molar-refractivity contribution is -0.140. The number of sulfonamides is 1. The maximum absolute atomic E-state index is 13.7. The number of alkyl halides is 2. The third-order valence-corrected chi connectivity index (χ3v) is 15.4. The molecule has 1 aromatic heterocycles. The minimum Gasteiger partial charge on any atom is -0.394 e. The van der Waals surface area contributed by atoms with Gasteiger partial charge in [-0.2, -0.15) is 13.8 Å². The van der Waals surface area contributed by atoms with Gasteiger partial charge in [0.25, 0.3) is 0 Å². The third-order valence-electron chi connectivity index (χ3n) is 14.7. The number of nitrogens with zero attached hydrogens (tertiary/aromatic N) is 2. The molecule has 4 heterocycles. The zero-order chi connectivity index (χ0) is 38.2. The molecule has 4 aliphatic carbocycles. The summed E-state index contributed by atoms with van der Waals surface area (Å²) in [7, 11) is -3.13. The highest BCUT2D eigenvalue weighted by atomic mass is 32.2. The number of nitrogen functional groups attached to an aromatic ring is 1. The van der Waals surface area contributed by atoms with Crippen LogP contribution in [0.4, 0.5) is 14.6 Å². The standard InChI is InChI=1S/C29H48N2O3S.C9H11F2N3O4/c1-17-12-26-27(30-16-17)19(3)29(34-26)11-9-22-23-7-6-20-13-21(31-35(5,32)33)8-10-28(20,4)25(23)14-24(22)18(2)15-29;10-9(11)6(16)4(3-15)18-7(9)14-2-1-5(12)13-8(14)17/h17,19-23,25-27,30-31H,6-16H2,1-5H3;1-2,4,6-7,15-16H,3H2,(H2,12,13,17)/t17-,19+,20+,21+,22-,23-,25-,26+,27-,28-,29-;4-,6-,7-/m01/s1. The molecule has 7 aliphatic rings. The van der Waals surface area contributed by atoms with E-state index in [1.54, 1.807) is 11.1 Å². The highest BCUT2D eigenvalue weighted by Crippen LogP contribution is 2.65. The number of aliphatic hydroxyl groups excluding tert-OH is 2. The molecule has 12 nitrogen and oxygen atoms in total. The molecule has 0 amide bonds. The Morgan fingerprint density at radius 3 is 2.60 bits per heavy atom. The molecule has 8 rings (SSSR count). The molecule has 298 valence electrons. The molecular weight excluding hydrogens is 709 g/mol. The molecule has 0 unspecified atom stereocenters. The second-order valence-corrected chi connectivity index (χ2v) is 19.7. The molecule has 53 heavy (non-hydrogen) atoms. The summed E-state index contributed by atoms with van der Waals surface area (Å²) in [5.41, 5.74) is 8.04. The molecule has 1 spiro atoms. The number of allylic oxidation sites excluding steroid dienone is 1. The lowest BCUT2D eigenvalue weighted by atomic mass is 9.52. The second-order valence-electron chi connectivity index (χ2n) is 17.9. The van der Waals surface area contributed by atoms with E-state index in [9.17, 15) is 27.1 Å². The number of fused-ring (bicyclic) bond motifs is 6. The average Bonchev–Trinajstić information content (AvgIpc) is 3.63. The fourth-order valence-electron chi connectivity index (χ4n) is 12.0. The molecule has 0 aromatic carbocycles. The highest BCUT2D eigenvalue weighted by Gasteiger charge is 2.61. The van der Waals surface area contributed by atoms with Crippen LogP contribution in [0.5, 0.6) is 0 Å². The summed E-state index contributed by atoms with van der Waals surface area (Å²) >= 11 is 0. The van der Waals surface area contributed by atoms with Crippen LogP contribution in [0.2, 0.25) is 0 Å². The van der Waals surface area contributed by atoms with E-state index >= 15 is 0 Å². The number of aromatic nitrogens is 2. The summed E-state index contributed by atoms with van der Waals surface area (Å²) in [4.78, 5) is 14.7. The highest BCUT2D eigenvalue weighted by molar-refractivity contribution is 7.88. The fourth-order valence-corrected chi connectivity index (χ4v) is 12.8. The minimum atomic E-state index is -3.71. The van der Waals surface area contributed by atoms with E-state index in [1.165, 1.54) is 51.2 Å². The summed E-state index contributed by atoms with van der Waals surface area (Å²) < 4.78 is 66.4. The van der Waals surface area contributed by atoms with Crippen molar-refractivity contribution in [1.82, 2.24) is 19.6 Å². The number of hydrogen-bond acceptors (Lipinski definition) is 10. The van der Waals surface area contributed by atoms with Crippen LogP contribution in [0.25, 0.3) is 0 Å². The predicted molar refractivity (Wildman–Crippen MR) is 195 cm³/mol. The molecule has 3 aliphatic heterocycles. The maximum atomic E-state index is 13.7. The molecule has 0 radical (unpaired) electrons. The van der Waals surface area contributed by atoms with E-state index in [4.69, 9.17) is 20.3 Å². The van der Waals surface area contributed by atoms with Gasteiger partial charge in [0.2, 0.25) is 16.3 Å². The number of piperidine rings is 1. The zero-order valence-electron chi connectivity index (χ0n) is 31.6. The molecule has 14 atom stereocenters. The zero-order valence-corrected chi connectivity index (χ0v) is 32.5. The van der Waals surface area contributed by atoms with Crippen LogP contribution in [0.1, 0.15) is 98.1 Å². The van der Waals surface area contributed by atoms with Crippen LogP contribution >= 0.6 is 0 Å². The third kappa shape index (κ3) is 7.03. The van der Waals surface area contributed by atoms with Crippen LogP contribution in [0.3, 0.4) is 0 Å². The van der Waals surface area contributed by atoms with E-state index in [-0.39, 0.29) is 17.5 Å². The Labute approximate surface area is 311 Å². The molecule has 3 saturated heterocycles. The smallest absolute Gasteiger partial charge is 0.351 e. The van der Waals surface area contributed by atoms with E-state index < -0.39 is 46.7 Å². The second kappa shape index (κ2) is 14.2. The number of rotatable bonds is 4. The van der Waals surface area contributed by atoms with Crippen LogP contribution in [0, 0.1) is 40.9 Å². The van der Waals surface area contributed by atoms with Crippen LogP contribution in [0.15, 0.2) is 28.2 Å². The van der Waals surface area contributed by atoms with Crippen molar-refractivity contribution in [2.75, 3.05) is 25.1 Å². The van der Waals surface area contributed by atoms with E-state index in [0.29, 0.717) is 39.9 Å². The van der Waals surface area contributed by atoms with Gasteiger partial charge >= 0.3 is 11.6 Å². The Hall–Kier alpha value is -2.01. The van der Waals surface area contributed by atoms with Crippen molar-refractivity contribution in [3.63, 3.8) is 0 Å². The van der Waals surface area contributed by atoms with Gasteiger partial charge in [0.05, 0.1) is 24.6 Å². The molecule has 1 aromatic rings. The first kappa shape index (κ1) is 39.2. The normalized spacial score (nSPS) is 44.7. The summed E-state index contributed by atoms with van der Waals surface area (Å²) in [6, 6.07) is 1.81. The minimum absolute atomic E-state index is 0.0276. The molecular formula is C38H59F2N5O7S. The Bertz CT molecular complexity index is 1740. The lowest BCUT2D eigenvalue weighted by Gasteiger charge is -2.54. The van der Waals surface area contributed by atoms with Crippen molar-refractivity contribution in [1.29, 1.82) is 0 Å². The first-order chi connectivity index (χ1) is 24.9. The molecule has 3 saturated carbocycles. The summed E-state index contributed by atoms with van der Waals surface area (Å²) in [5.74, 6) is 0.449. The van der Waals surface area contributed by atoms with Gasteiger partial charge in [-0.1, -0.05) is 31.9 Å². The Morgan fingerprint density at radius 2 is 1.92 bits per heavy atom. The SMILES string of the molecule is CC1=C2C[C@H]3[C@@H](CC[C@@H]4C[C@H](NS(C)(=O)=O)CC[C@@]43C)[C@@H]2CC[C@@]2(C1)O[C@@H]1C[C@H](C)CN[C@H]1[C@H]2C.Nc1ccn([C@@H]2O[C@H](CO)[C@@H](O)C2(F)F)c(=O)n1. The average molecular weight is 768 g/mol. The van der Waals surface area contributed by atoms with Crippen molar-refractivity contribution < 1.29 is 36.9 Å². The summed E-state index contributed by atoms with van der Waals surface area (Å²) in [5, 5.41) is 22.0. The molecule has 6 N–H and O–H groups in total. The number of ether oxygens (including phenoxy) is 2. The van der Waals surface area contributed by atoms with Gasteiger partial charge in [-0.25, -0.2) is 17.9 Å². The van der Waals surface area contributed by atoms with Crippen molar-refractivity contribution in [3.8, 4) is 0 Å². The molecule has 15 heteroatoms. The number of nitrogens with two attached hydrogens (primary N) is 1. The fraction of sp³-hybridized carbons (Fsp3) is 0.842. The van der Waals surface area contributed by atoms with Gasteiger partial charge in [0, 0.05) is 24.2 Å². The van der Waals surface area contributed by atoms with Gasteiger partial charge in [0.1, 0.15) is 11.9 Å². The Kier molecular flexibility index (Phi) is 10.5. The molecule has 6 fully saturated rings. The quantitative estimate of drug-likeness (QED) is 0.284. The number of halogens is 2. The van der Waals surface area contributed by atoms with Gasteiger partial charge < -0.3 is 30.7 Å². The van der Waals surface area contributed by atoms with Crippen molar-refractivity contribution >= 4 is 15.8 Å². The topological polar surface area (TPSA) is 178 Å². The van der Waals surface area contributed by atoms with Crippen LogP contribution < -0.4 is 21.5 Å². The van der Waals surface area contributed by atoms with Gasteiger partial charge in [-0.15, -0.1) is 0 Å². The monoisotopic (exact) mass is 767 g/mol. The number of aliphatic hydroxyl groups is 2. The molecule has 0 bridgehead atoms. The van der Waals surface area contributed by atoms with E-state index in [0.717, 1.165) is 55.8 Å². The number of anilines is 1. The predicted octanol–water partition coefficient (Wildman–Crippen LogP) is 3.74. The first-order valence-corrected chi connectivity index (χ1v) is 21.5. The van der Waals surface area contributed by atoms with Crippen molar-refractivity contribution in [2.45, 2.75) is 140 Å². The summed E-state index contributed by atoms with van der Waals surface area (Å²) in [6.07, 6.45) is 8.93. The van der Waals surface area contributed by atoms with E-state index in [2.05, 4.69) is 42.7 Å². The number of hydrogen-bond donors (Lipinski definition) is 5. The van der Waals surface area contributed by atoms with Crippen molar-refractivity contribution in [2.24, 2.45) is 40.9 Å². The van der Waals surface area contributed by atoms with Gasteiger partial charge in [-0.05, 0) is 119 Å². The van der Waals surface area contributed by atoms with Crippen LogP contribution in [-0.2, 0) is 19.5 Å². The summed E-state index contributed by atoms with van der Waals surface area (Å²) in [6.45, 7) is 10.2. The van der Waals surface area contributed by atoms with Crippen molar-refractivity contribution in [3.05, 3.63) is 33.9 Å². The van der Waals surface area contributed by atoms with E-state index in [1.807, 2.05) is 0 Å². The van der Waals surface area contributed by atoms with Gasteiger partial charge in [-0.3, -0.25) is 4.57 Å². The lowest BCUT2D eigenvalue weighted by Crippen LogP contribution is -2.50.